The van der Waals surface area contributed by atoms with E-state index in [0.29, 0.717) is 11.6 Å². The number of hydrogen-bond donors (Lipinski definition) is 2. The number of rotatable bonds is 5. The number of nitrogens with zero attached hydrogens (tertiary/aromatic N) is 4. The Hall–Kier alpha value is -1.87. The van der Waals surface area contributed by atoms with Crippen molar-refractivity contribution in [2.45, 2.75) is 44.7 Å². The van der Waals surface area contributed by atoms with E-state index in [1.54, 1.807) is 0 Å². The minimum Gasteiger partial charge on any atom is -0.367 e. The van der Waals surface area contributed by atoms with Crippen molar-refractivity contribution < 1.29 is 9.18 Å². The van der Waals surface area contributed by atoms with Crippen LogP contribution in [0.2, 0.25) is 5.02 Å². The van der Waals surface area contributed by atoms with E-state index in [2.05, 4.69) is 37.4 Å². The molecule has 2 fully saturated rings. The number of carbonyl (C=O) groups excluding carboxylic acids is 1. The van der Waals surface area contributed by atoms with Gasteiger partial charge in [-0.2, -0.15) is 0 Å². The number of anilines is 2. The molecule has 1 aliphatic heterocycles. The number of nitrogens with one attached hydrogen (secondary N) is 2. The number of benzene rings is 1. The lowest BCUT2D eigenvalue weighted by molar-refractivity contribution is 0.0926. The summed E-state index contributed by atoms with van der Waals surface area (Å²) >= 11 is 5.80. The predicted octanol–water partition coefficient (Wildman–Crippen LogP) is 4.33. The highest BCUT2D eigenvalue weighted by molar-refractivity contribution is 6.31. The van der Waals surface area contributed by atoms with Crippen LogP contribution in [0.1, 0.15) is 41.9 Å². The molecule has 0 bridgehead atoms. The number of likely N-dealkylation sites (N-methyl/N-ethyl adjacent to an activating group) is 1. The number of aryl methyl sites for hydroxylation is 1. The zero-order valence-electron chi connectivity index (χ0n) is 19.4. The van der Waals surface area contributed by atoms with Crippen LogP contribution in [0.4, 0.5) is 16.0 Å². The molecule has 7 nitrogen and oxygen atoms in total. The third kappa shape index (κ3) is 7.31. The van der Waals surface area contributed by atoms with E-state index in [0.717, 1.165) is 69.3 Å². The van der Waals surface area contributed by atoms with Gasteiger partial charge in [-0.05, 0) is 57.9 Å². The van der Waals surface area contributed by atoms with Crippen molar-refractivity contribution in [3.05, 3.63) is 46.5 Å². The zero-order chi connectivity index (χ0) is 22.7. The normalized spacial score (nSPS) is 20.6. The molecular weight excluding hydrogens is 502 g/mol. The molecule has 0 unspecified atom stereocenters. The summed E-state index contributed by atoms with van der Waals surface area (Å²) in [6, 6.07) is 6.49. The minimum atomic E-state index is -0.523. The molecule has 1 saturated heterocycles. The first kappa shape index (κ1) is 28.4. The summed E-state index contributed by atoms with van der Waals surface area (Å²) in [6.45, 7) is 5.93. The van der Waals surface area contributed by atoms with Gasteiger partial charge in [0, 0.05) is 49.9 Å². The maximum Gasteiger partial charge on any atom is 0.251 e. The first-order valence-corrected chi connectivity index (χ1v) is 11.6. The van der Waals surface area contributed by atoms with Gasteiger partial charge in [-0.1, -0.05) is 11.6 Å². The third-order valence-corrected chi connectivity index (χ3v) is 6.54. The first-order chi connectivity index (χ1) is 15.4. The average Bonchev–Trinajstić information content (AvgIpc) is 2.77. The van der Waals surface area contributed by atoms with Gasteiger partial charge in [-0.15, -0.1) is 24.8 Å². The Bertz CT molecular complexity index is 966. The van der Waals surface area contributed by atoms with Gasteiger partial charge in [0.25, 0.3) is 5.91 Å². The summed E-state index contributed by atoms with van der Waals surface area (Å²) in [5, 5.41) is 6.58. The second kappa shape index (κ2) is 12.7. The van der Waals surface area contributed by atoms with Gasteiger partial charge in [0.1, 0.15) is 23.3 Å². The SMILES string of the molecule is Cc1nc(NC2CCC(NC(=O)c3ccc(F)c(Cl)c3)CC2)cc(N2CCN(C)CC2)n1.Cl.Cl. The molecule has 4 rings (SSSR count). The fraction of sp³-hybridized carbons (Fsp3) is 0.522. The van der Waals surface area contributed by atoms with E-state index < -0.39 is 5.82 Å². The van der Waals surface area contributed by atoms with E-state index in [4.69, 9.17) is 11.6 Å². The van der Waals surface area contributed by atoms with Crippen LogP contribution >= 0.6 is 36.4 Å². The summed E-state index contributed by atoms with van der Waals surface area (Å²) in [6.07, 6.45) is 3.60. The van der Waals surface area contributed by atoms with Gasteiger partial charge >= 0.3 is 0 Å². The van der Waals surface area contributed by atoms with Crippen molar-refractivity contribution in [3.63, 3.8) is 0 Å². The van der Waals surface area contributed by atoms with Crippen LogP contribution in [-0.4, -0.2) is 66.1 Å². The summed E-state index contributed by atoms with van der Waals surface area (Å²) in [5.74, 6) is 1.87. The highest BCUT2D eigenvalue weighted by Crippen LogP contribution is 2.24. The van der Waals surface area contributed by atoms with E-state index in [-0.39, 0.29) is 41.8 Å². The number of amides is 1. The molecule has 188 valence electrons. The summed E-state index contributed by atoms with van der Waals surface area (Å²) in [7, 11) is 2.14. The van der Waals surface area contributed by atoms with Crippen molar-refractivity contribution in [2.24, 2.45) is 0 Å². The van der Waals surface area contributed by atoms with Crippen LogP contribution in [0.15, 0.2) is 24.3 Å². The quantitative estimate of drug-likeness (QED) is 0.596. The number of aromatic nitrogens is 2. The Morgan fingerprint density at radius 2 is 1.68 bits per heavy atom. The lowest BCUT2D eigenvalue weighted by Gasteiger charge is -2.34. The second-order valence-corrected chi connectivity index (χ2v) is 9.15. The molecule has 2 aromatic rings. The number of hydrogen-bond acceptors (Lipinski definition) is 6. The molecule has 1 aromatic heterocycles. The standard InChI is InChI=1S/C23H30ClFN6O.2ClH/c1-15-26-21(14-22(27-15)31-11-9-30(2)10-12-31)28-17-4-6-18(7-5-17)29-23(32)16-3-8-20(25)19(24)13-16;;/h3,8,13-14,17-18H,4-7,9-12H2,1-2H3,(H,29,32)(H,26,27,28);2*1H. The maximum absolute atomic E-state index is 13.3. The molecule has 2 heterocycles. The molecule has 2 N–H and O–H groups in total. The largest absolute Gasteiger partial charge is 0.367 e. The Kier molecular flexibility index (Phi) is 10.6. The highest BCUT2D eigenvalue weighted by atomic mass is 35.5. The van der Waals surface area contributed by atoms with Crippen LogP contribution in [0.3, 0.4) is 0 Å². The second-order valence-electron chi connectivity index (χ2n) is 8.74. The van der Waals surface area contributed by atoms with Crippen molar-refractivity contribution in [1.82, 2.24) is 20.2 Å². The lowest BCUT2D eigenvalue weighted by atomic mass is 9.91. The van der Waals surface area contributed by atoms with Crippen LogP contribution < -0.4 is 15.5 Å². The molecule has 1 saturated carbocycles. The molecule has 1 amide bonds. The smallest absolute Gasteiger partial charge is 0.251 e. The predicted molar refractivity (Wildman–Crippen MR) is 140 cm³/mol. The molecular formula is C23H32Cl3FN6O. The van der Waals surface area contributed by atoms with Crippen molar-refractivity contribution in [1.29, 1.82) is 0 Å². The Morgan fingerprint density at radius 1 is 1.03 bits per heavy atom. The Morgan fingerprint density at radius 3 is 2.32 bits per heavy atom. The van der Waals surface area contributed by atoms with Crippen molar-refractivity contribution in [3.8, 4) is 0 Å². The Labute approximate surface area is 217 Å². The average molecular weight is 534 g/mol. The van der Waals surface area contributed by atoms with Crippen LogP contribution in [0, 0.1) is 12.7 Å². The van der Waals surface area contributed by atoms with Gasteiger partial charge in [-0.25, -0.2) is 14.4 Å². The molecule has 2 aliphatic rings. The summed E-state index contributed by atoms with van der Waals surface area (Å²) in [4.78, 5) is 26.3. The van der Waals surface area contributed by atoms with Gasteiger partial charge in [0.2, 0.25) is 0 Å². The van der Waals surface area contributed by atoms with E-state index >= 15 is 0 Å². The monoisotopic (exact) mass is 532 g/mol. The molecule has 0 atom stereocenters. The first-order valence-electron chi connectivity index (χ1n) is 11.2. The minimum absolute atomic E-state index is 0. The molecule has 1 aromatic carbocycles. The molecule has 1 aliphatic carbocycles. The number of piperazine rings is 1. The summed E-state index contributed by atoms with van der Waals surface area (Å²) in [5.41, 5.74) is 0.379. The van der Waals surface area contributed by atoms with Gasteiger partial charge in [0.15, 0.2) is 0 Å². The fourth-order valence-corrected chi connectivity index (χ4v) is 4.50. The summed E-state index contributed by atoms with van der Waals surface area (Å²) < 4.78 is 13.3. The number of halogens is 4. The van der Waals surface area contributed by atoms with Gasteiger partial charge in [0.05, 0.1) is 5.02 Å². The van der Waals surface area contributed by atoms with E-state index in [1.807, 2.05) is 13.0 Å². The van der Waals surface area contributed by atoms with Crippen LogP contribution in [0.5, 0.6) is 0 Å². The Balaban J connectivity index is 0.00000204. The molecule has 0 radical (unpaired) electrons. The van der Waals surface area contributed by atoms with Crippen molar-refractivity contribution in [2.75, 3.05) is 43.4 Å². The highest BCUT2D eigenvalue weighted by Gasteiger charge is 2.24. The number of carbonyl (C=O) groups is 1. The molecule has 0 spiro atoms. The van der Waals surface area contributed by atoms with Gasteiger partial charge < -0.3 is 20.4 Å². The van der Waals surface area contributed by atoms with E-state index in [9.17, 15) is 9.18 Å². The third-order valence-electron chi connectivity index (χ3n) is 6.25. The fourth-order valence-electron chi connectivity index (χ4n) is 4.32. The van der Waals surface area contributed by atoms with E-state index in [1.165, 1.54) is 18.2 Å². The van der Waals surface area contributed by atoms with Gasteiger partial charge in [-0.3, -0.25) is 4.79 Å². The lowest BCUT2D eigenvalue weighted by Crippen LogP contribution is -2.45. The molecule has 11 heteroatoms. The zero-order valence-corrected chi connectivity index (χ0v) is 21.8. The maximum atomic E-state index is 13.3. The van der Waals surface area contributed by atoms with Crippen LogP contribution in [-0.2, 0) is 0 Å². The molecule has 34 heavy (non-hydrogen) atoms. The van der Waals surface area contributed by atoms with Crippen LogP contribution in [0.25, 0.3) is 0 Å². The van der Waals surface area contributed by atoms with Crippen molar-refractivity contribution >= 4 is 54.0 Å². The topological polar surface area (TPSA) is 73.4 Å².